The van der Waals surface area contributed by atoms with Crippen molar-refractivity contribution in [2.45, 2.75) is 4.90 Å². The van der Waals surface area contributed by atoms with Crippen LogP contribution in [0, 0.1) is 0 Å². The summed E-state index contributed by atoms with van der Waals surface area (Å²) in [6.45, 7) is 0.710. The van der Waals surface area contributed by atoms with Crippen LogP contribution >= 0.6 is 43.6 Å². The van der Waals surface area contributed by atoms with Crippen LogP contribution in [0.2, 0.25) is 0 Å². The number of amides is 1. The standard InChI is InChI=1S/C16H13Br2NO2S/c1-21-15-11(17)8-10(9-12(15)18)16(20)19-6-7-22-14-5-3-2-4-13(14)19/h2-5,8-9H,6-7H2,1H3. The van der Waals surface area contributed by atoms with Crippen molar-refractivity contribution in [3.8, 4) is 5.75 Å². The van der Waals surface area contributed by atoms with Crippen LogP contribution in [0.15, 0.2) is 50.2 Å². The van der Waals surface area contributed by atoms with Gasteiger partial charge in [-0.3, -0.25) is 4.79 Å². The number of carbonyl (C=O) groups is 1. The summed E-state index contributed by atoms with van der Waals surface area (Å²) >= 11 is 8.69. The molecule has 2 aromatic carbocycles. The van der Waals surface area contributed by atoms with Gasteiger partial charge >= 0.3 is 0 Å². The van der Waals surface area contributed by atoms with E-state index >= 15 is 0 Å². The molecule has 3 rings (SSSR count). The molecule has 0 fully saturated rings. The van der Waals surface area contributed by atoms with E-state index in [4.69, 9.17) is 4.74 Å². The highest BCUT2D eigenvalue weighted by Gasteiger charge is 2.24. The summed E-state index contributed by atoms with van der Waals surface area (Å²) in [6.07, 6.45) is 0. The van der Waals surface area contributed by atoms with E-state index in [0.29, 0.717) is 17.9 Å². The van der Waals surface area contributed by atoms with E-state index < -0.39 is 0 Å². The first-order valence-corrected chi connectivity index (χ1v) is 9.25. The van der Waals surface area contributed by atoms with Gasteiger partial charge in [0.25, 0.3) is 5.91 Å². The average molecular weight is 443 g/mol. The van der Waals surface area contributed by atoms with Gasteiger partial charge in [-0.05, 0) is 56.1 Å². The fourth-order valence-corrected chi connectivity index (χ4v) is 4.92. The Balaban J connectivity index is 1.99. The van der Waals surface area contributed by atoms with Crippen molar-refractivity contribution in [3.63, 3.8) is 0 Å². The molecule has 1 amide bonds. The second-order valence-corrected chi connectivity index (χ2v) is 7.59. The summed E-state index contributed by atoms with van der Waals surface area (Å²) in [5, 5.41) is 0. The molecule has 0 saturated carbocycles. The molecule has 6 heteroatoms. The van der Waals surface area contributed by atoms with E-state index in [9.17, 15) is 4.79 Å². The Labute approximate surface area is 150 Å². The van der Waals surface area contributed by atoms with Crippen LogP contribution in [0.3, 0.4) is 0 Å². The number of halogens is 2. The average Bonchev–Trinajstić information content (AvgIpc) is 2.53. The number of fused-ring (bicyclic) bond motifs is 1. The van der Waals surface area contributed by atoms with Crippen molar-refractivity contribution in [1.29, 1.82) is 0 Å². The number of carbonyl (C=O) groups excluding carboxylic acids is 1. The van der Waals surface area contributed by atoms with Crippen LogP contribution in [-0.2, 0) is 0 Å². The first-order chi connectivity index (χ1) is 10.6. The van der Waals surface area contributed by atoms with Crippen molar-refractivity contribution < 1.29 is 9.53 Å². The highest BCUT2D eigenvalue weighted by atomic mass is 79.9. The number of methoxy groups -OCH3 is 1. The quantitative estimate of drug-likeness (QED) is 0.657. The lowest BCUT2D eigenvalue weighted by molar-refractivity contribution is 0.0987. The number of para-hydroxylation sites is 1. The fraction of sp³-hybridized carbons (Fsp3) is 0.188. The van der Waals surface area contributed by atoms with Gasteiger partial charge in [-0.25, -0.2) is 0 Å². The third-order valence-corrected chi connectivity index (χ3v) is 5.64. The number of thioether (sulfide) groups is 1. The molecule has 0 bridgehead atoms. The molecule has 22 heavy (non-hydrogen) atoms. The molecular formula is C16H13Br2NO2S. The zero-order valence-corrected chi connectivity index (χ0v) is 15.8. The van der Waals surface area contributed by atoms with Gasteiger partial charge in [-0.2, -0.15) is 0 Å². The van der Waals surface area contributed by atoms with Gasteiger partial charge in [0.15, 0.2) is 0 Å². The van der Waals surface area contributed by atoms with Crippen molar-refractivity contribution in [2.24, 2.45) is 0 Å². The number of hydrogen-bond donors (Lipinski definition) is 0. The van der Waals surface area contributed by atoms with Gasteiger partial charge < -0.3 is 9.64 Å². The Morgan fingerprint density at radius 1 is 1.23 bits per heavy atom. The molecule has 1 aliphatic heterocycles. The molecule has 114 valence electrons. The number of anilines is 1. The summed E-state index contributed by atoms with van der Waals surface area (Å²) in [5.41, 5.74) is 1.60. The SMILES string of the molecule is COc1c(Br)cc(C(=O)N2CCSc3ccccc32)cc1Br. The monoisotopic (exact) mass is 441 g/mol. The summed E-state index contributed by atoms with van der Waals surface area (Å²) in [4.78, 5) is 15.9. The minimum Gasteiger partial charge on any atom is -0.494 e. The van der Waals surface area contributed by atoms with Gasteiger partial charge in [-0.1, -0.05) is 12.1 Å². The predicted octanol–water partition coefficient (Wildman–Crippen LogP) is 4.97. The van der Waals surface area contributed by atoms with Crippen molar-refractivity contribution in [3.05, 3.63) is 50.9 Å². The van der Waals surface area contributed by atoms with Crippen LogP contribution in [0.1, 0.15) is 10.4 Å². The third-order valence-electron chi connectivity index (χ3n) is 3.42. The molecule has 1 aliphatic rings. The van der Waals surface area contributed by atoms with Gasteiger partial charge in [0.1, 0.15) is 5.75 Å². The first-order valence-electron chi connectivity index (χ1n) is 6.68. The first kappa shape index (κ1) is 15.9. The second-order valence-electron chi connectivity index (χ2n) is 4.75. The molecule has 1 heterocycles. The van der Waals surface area contributed by atoms with E-state index in [2.05, 4.69) is 37.9 Å². The Morgan fingerprint density at radius 3 is 2.59 bits per heavy atom. The lowest BCUT2D eigenvalue weighted by Gasteiger charge is -2.29. The summed E-state index contributed by atoms with van der Waals surface area (Å²) in [7, 11) is 1.60. The third kappa shape index (κ3) is 2.92. The maximum Gasteiger partial charge on any atom is 0.258 e. The van der Waals surface area contributed by atoms with Crippen LogP contribution in [0.4, 0.5) is 5.69 Å². The Hall–Kier alpha value is -0.980. The number of hydrogen-bond acceptors (Lipinski definition) is 3. The topological polar surface area (TPSA) is 29.5 Å². The smallest absolute Gasteiger partial charge is 0.258 e. The number of benzene rings is 2. The minimum atomic E-state index is -0.00296. The number of ether oxygens (including phenoxy) is 1. The maximum absolute atomic E-state index is 12.9. The van der Waals surface area contributed by atoms with Crippen LogP contribution in [0.25, 0.3) is 0 Å². The van der Waals surface area contributed by atoms with Gasteiger partial charge in [0, 0.05) is 22.8 Å². The summed E-state index contributed by atoms with van der Waals surface area (Å²) < 4.78 is 6.80. The zero-order valence-electron chi connectivity index (χ0n) is 11.8. The van der Waals surface area contributed by atoms with Crippen molar-refractivity contribution in [2.75, 3.05) is 24.3 Å². The largest absolute Gasteiger partial charge is 0.494 e. The van der Waals surface area contributed by atoms with Crippen LogP contribution in [0.5, 0.6) is 5.75 Å². The van der Waals surface area contributed by atoms with Crippen LogP contribution < -0.4 is 9.64 Å². The van der Waals surface area contributed by atoms with E-state index in [1.807, 2.05) is 23.1 Å². The molecule has 3 nitrogen and oxygen atoms in total. The number of rotatable bonds is 2. The number of nitrogens with zero attached hydrogens (tertiary/aromatic N) is 1. The summed E-state index contributed by atoms with van der Waals surface area (Å²) in [5.74, 6) is 1.59. The van der Waals surface area contributed by atoms with Gasteiger partial charge in [0.05, 0.1) is 21.7 Å². The highest BCUT2D eigenvalue weighted by molar-refractivity contribution is 9.11. The molecule has 0 radical (unpaired) electrons. The minimum absolute atomic E-state index is 0.00296. The second kappa shape index (κ2) is 6.64. The highest BCUT2D eigenvalue weighted by Crippen LogP contribution is 2.38. The Kier molecular flexibility index (Phi) is 4.80. The van der Waals surface area contributed by atoms with E-state index in [0.717, 1.165) is 25.3 Å². The molecule has 0 N–H and O–H groups in total. The van der Waals surface area contributed by atoms with E-state index in [-0.39, 0.29) is 5.91 Å². The molecule has 0 aliphatic carbocycles. The Morgan fingerprint density at radius 2 is 1.91 bits per heavy atom. The van der Waals surface area contributed by atoms with Gasteiger partial charge in [-0.15, -0.1) is 11.8 Å². The zero-order chi connectivity index (χ0) is 15.7. The fourth-order valence-electron chi connectivity index (χ4n) is 2.41. The molecular weight excluding hydrogens is 430 g/mol. The van der Waals surface area contributed by atoms with E-state index in [1.165, 1.54) is 0 Å². The summed E-state index contributed by atoms with van der Waals surface area (Å²) in [6, 6.07) is 11.6. The van der Waals surface area contributed by atoms with Crippen LogP contribution in [-0.4, -0.2) is 25.3 Å². The normalized spacial score (nSPS) is 13.7. The molecule has 0 saturated heterocycles. The van der Waals surface area contributed by atoms with Crippen molar-refractivity contribution >= 4 is 55.2 Å². The Bertz CT molecular complexity index is 713. The molecule has 0 unspecified atom stereocenters. The molecule has 0 aromatic heterocycles. The molecule has 0 atom stereocenters. The lowest BCUT2D eigenvalue weighted by atomic mass is 10.1. The van der Waals surface area contributed by atoms with E-state index in [1.54, 1.807) is 31.0 Å². The lowest BCUT2D eigenvalue weighted by Crippen LogP contribution is -2.35. The molecule has 2 aromatic rings. The van der Waals surface area contributed by atoms with Crippen molar-refractivity contribution in [1.82, 2.24) is 0 Å². The van der Waals surface area contributed by atoms with Gasteiger partial charge in [0.2, 0.25) is 0 Å². The maximum atomic E-state index is 12.9. The molecule has 0 spiro atoms. The predicted molar refractivity (Wildman–Crippen MR) is 97.2 cm³/mol.